The van der Waals surface area contributed by atoms with Gasteiger partial charge in [0.15, 0.2) is 0 Å². The number of hydrogen-bond donors (Lipinski definition) is 1. The van der Waals surface area contributed by atoms with E-state index in [1.54, 1.807) is 0 Å². The Hall–Kier alpha value is -1.07. The highest BCUT2D eigenvalue weighted by atomic mass is 19.4. The molecule has 1 aromatic carbocycles. The van der Waals surface area contributed by atoms with Gasteiger partial charge in [-0.2, -0.15) is 13.2 Å². The highest BCUT2D eigenvalue weighted by molar-refractivity contribution is 5.18. The maximum atomic E-state index is 12.7. The molecule has 0 radical (unpaired) electrons. The van der Waals surface area contributed by atoms with E-state index in [1.165, 1.54) is 0 Å². The molecule has 1 aliphatic heterocycles. The van der Waals surface area contributed by atoms with Gasteiger partial charge in [-0.25, -0.2) is 0 Å². The minimum Gasteiger partial charge on any atom is -0.324 e. The molecular formula is C15H21F3N2. The topological polar surface area (TPSA) is 29.3 Å². The van der Waals surface area contributed by atoms with Crippen LogP contribution in [-0.2, 0) is 0 Å². The van der Waals surface area contributed by atoms with Gasteiger partial charge in [-0.15, -0.1) is 0 Å². The Kier molecular flexibility index (Phi) is 5.05. The zero-order valence-corrected chi connectivity index (χ0v) is 11.4. The van der Waals surface area contributed by atoms with Crippen LogP contribution in [0.3, 0.4) is 0 Å². The van der Waals surface area contributed by atoms with Crippen LogP contribution in [0.25, 0.3) is 0 Å². The third-order valence-electron chi connectivity index (χ3n) is 3.95. The predicted octanol–water partition coefficient (Wildman–Crippen LogP) is 3.35. The second-order valence-corrected chi connectivity index (χ2v) is 5.49. The molecule has 1 fully saturated rings. The molecule has 5 heteroatoms. The number of likely N-dealkylation sites (tertiary alicyclic amines) is 1. The third kappa shape index (κ3) is 4.21. The normalized spacial score (nSPS) is 22.7. The van der Waals surface area contributed by atoms with Crippen molar-refractivity contribution in [3.63, 3.8) is 0 Å². The molecule has 0 bridgehead atoms. The Morgan fingerprint density at radius 3 is 2.60 bits per heavy atom. The maximum Gasteiger partial charge on any atom is 0.393 e. The lowest BCUT2D eigenvalue weighted by Gasteiger charge is -2.34. The van der Waals surface area contributed by atoms with Gasteiger partial charge in [0.25, 0.3) is 0 Å². The van der Waals surface area contributed by atoms with Crippen molar-refractivity contribution in [2.24, 2.45) is 11.7 Å². The first-order valence-corrected chi connectivity index (χ1v) is 7.06. The standard InChI is InChI=1S/C15H21F3N2/c16-15(17,18)13-7-4-9-20(11-13)10-8-14(19)12-5-2-1-3-6-12/h1-3,5-6,13-14H,4,7-11,19H2. The van der Waals surface area contributed by atoms with E-state index in [9.17, 15) is 13.2 Å². The molecule has 20 heavy (non-hydrogen) atoms. The average Bonchev–Trinajstić information content (AvgIpc) is 2.45. The quantitative estimate of drug-likeness (QED) is 0.919. The van der Waals surface area contributed by atoms with Crippen molar-refractivity contribution in [1.29, 1.82) is 0 Å². The Labute approximate surface area is 117 Å². The van der Waals surface area contributed by atoms with Gasteiger partial charge in [0.1, 0.15) is 0 Å². The van der Waals surface area contributed by atoms with Gasteiger partial charge in [0, 0.05) is 12.6 Å². The van der Waals surface area contributed by atoms with Crippen LogP contribution in [-0.4, -0.2) is 30.7 Å². The summed E-state index contributed by atoms with van der Waals surface area (Å²) in [4.78, 5) is 1.89. The molecule has 0 amide bonds. The summed E-state index contributed by atoms with van der Waals surface area (Å²) < 4.78 is 38.2. The van der Waals surface area contributed by atoms with Crippen molar-refractivity contribution in [1.82, 2.24) is 4.90 Å². The smallest absolute Gasteiger partial charge is 0.324 e. The molecule has 1 saturated heterocycles. The summed E-state index contributed by atoms with van der Waals surface area (Å²) in [6, 6.07) is 9.58. The number of piperidine rings is 1. The van der Waals surface area contributed by atoms with Gasteiger partial charge in [0.2, 0.25) is 0 Å². The van der Waals surface area contributed by atoms with E-state index >= 15 is 0 Å². The van der Waals surface area contributed by atoms with E-state index < -0.39 is 12.1 Å². The van der Waals surface area contributed by atoms with Gasteiger partial charge < -0.3 is 10.6 Å². The predicted molar refractivity (Wildman–Crippen MR) is 73.2 cm³/mol. The Morgan fingerprint density at radius 1 is 1.25 bits per heavy atom. The molecule has 0 aliphatic carbocycles. The average molecular weight is 286 g/mol. The molecule has 1 aliphatic rings. The molecular weight excluding hydrogens is 265 g/mol. The van der Waals surface area contributed by atoms with E-state index in [1.807, 2.05) is 35.2 Å². The van der Waals surface area contributed by atoms with Crippen LogP contribution >= 0.6 is 0 Å². The third-order valence-corrected chi connectivity index (χ3v) is 3.95. The molecule has 2 rings (SSSR count). The number of alkyl halides is 3. The highest BCUT2D eigenvalue weighted by Crippen LogP contribution is 2.33. The molecule has 2 nitrogen and oxygen atoms in total. The Bertz CT molecular complexity index is 405. The summed E-state index contributed by atoms with van der Waals surface area (Å²) in [6.45, 7) is 1.49. The Balaban J connectivity index is 1.82. The van der Waals surface area contributed by atoms with Crippen molar-refractivity contribution in [3.05, 3.63) is 35.9 Å². The molecule has 1 aromatic rings. The molecule has 2 unspecified atom stereocenters. The minimum absolute atomic E-state index is 0.109. The van der Waals surface area contributed by atoms with Crippen LogP contribution in [0.2, 0.25) is 0 Å². The number of hydrogen-bond acceptors (Lipinski definition) is 2. The van der Waals surface area contributed by atoms with Crippen LogP contribution in [0.1, 0.15) is 30.9 Å². The van der Waals surface area contributed by atoms with Crippen LogP contribution in [0.4, 0.5) is 13.2 Å². The number of rotatable bonds is 4. The van der Waals surface area contributed by atoms with Crippen LogP contribution in [0.15, 0.2) is 30.3 Å². The fraction of sp³-hybridized carbons (Fsp3) is 0.600. The Morgan fingerprint density at radius 2 is 1.95 bits per heavy atom. The first-order valence-electron chi connectivity index (χ1n) is 7.06. The lowest BCUT2D eigenvalue weighted by atomic mass is 9.96. The van der Waals surface area contributed by atoms with Crippen LogP contribution in [0, 0.1) is 5.92 Å². The van der Waals surface area contributed by atoms with Gasteiger partial charge >= 0.3 is 6.18 Å². The van der Waals surface area contributed by atoms with Gasteiger partial charge in [-0.1, -0.05) is 30.3 Å². The highest BCUT2D eigenvalue weighted by Gasteiger charge is 2.41. The van der Waals surface area contributed by atoms with E-state index in [4.69, 9.17) is 5.73 Å². The lowest BCUT2D eigenvalue weighted by molar-refractivity contribution is -0.186. The van der Waals surface area contributed by atoms with Crippen molar-refractivity contribution in [2.75, 3.05) is 19.6 Å². The summed E-state index contributed by atoms with van der Waals surface area (Å²) in [5.41, 5.74) is 7.12. The summed E-state index contributed by atoms with van der Waals surface area (Å²) in [5.74, 6) is -1.18. The maximum absolute atomic E-state index is 12.7. The fourth-order valence-corrected chi connectivity index (χ4v) is 2.71. The number of benzene rings is 1. The monoisotopic (exact) mass is 286 g/mol. The summed E-state index contributed by atoms with van der Waals surface area (Å²) >= 11 is 0. The van der Waals surface area contributed by atoms with Gasteiger partial charge in [0.05, 0.1) is 5.92 Å². The largest absolute Gasteiger partial charge is 0.393 e. The van der Waals surface area contributed by atoms with Gasteiger partial charge in [-0.05, 0) is 37.9 Å². The SMILES string of the molecule is NC(CCN1CCCC(C(F)(F)F)C1)c1ccccc1. The lowest BCUT2D eigenvalue weighted by Crippen LogP contribution is -2.42. The number of nitrogens with two attached hydrogens (primary N) is 1. The minimum atomic E-state index is -4.07. The van der Waals surface area contributed by atoms with Crippen molar-refractivity contribution in [3.8, 4) is 0 Å². The fourth-order valence-electron chi connectivity index (χ4n) is 2.71. The number of halogens is 3. The molecule has 2 N–H and O–H groups in total. The van der Waals surface area contributed by atoms with Crippen molar-refractivity contribution >= 4 is 0 Å². The van der Waals surface area contributed by atoms with Crippen LogP contribution < -0.4 is 5.73 Å². The van der Waals surface area contributed by atoms with Crippen molar-refractivity contribution in [2.45, 2.75) is 31.5 Å². The molecule has 0 saturated carbocycles. The molecule has 1 heterocycles. The number of nitrogens with zero attached hydrogens (tertiary/aromatic N) is 1. The second kappa shape index (κ2) is 6.59. The van der Waals surface area contributed by atoms with Crippen LogP contribution in [0.5, 0.6) is 0 Å². The summed E-state index contributed by atoms with van der Waals surface area (Å²) in [5, 5.41) is 0. The van der Waals surface area contributed by atoms with Crippen molar-refractivity contribution < 1.29 is 13.2 Å². The van der Waals surface area contributed by atoms with E-state index in [0.717, 1.165) is 12.1 Å². The van der Waals surface area contributed by atoms with E-state index in [0.29, 0.717) is 19.4 Å². The van der Waals surface area contributed by atoms with Gasteiger partial charge in [-0.3, -0.25) is 0 Å². The zero-order valence-electron chi connectivity index (χ0n) is 11.4. The first-order chi connectivity index (χ1) is 9.47. The molecule has 112 valence electrons. The van der Waals surface area contributed by atoms with E-state index in [2.05, 4.69) is 0 Å². The molecule has 0 aromatic heterocycles. The summed E-state index contributed by atoms with van der Waals surface area (Å²) in [6.07, 6.45) is -2.51. The zero-order chi connectivity index (χ0) is 14.6. The molecule has 2 atom stereocenters. The summed E-state index contributed by atoms with van der Waals surface area (Å²) in [7, 11) is 0. The first kappa shape index (κ1) is 15.3. The second-order valence-electron chi connectivity index (χ2n) is 5.49. The van der Waals surface area contributed by atoms with E-state index in [-0.39, 0.29) is 19.0 Å². The molecule has 0 spiro atoms.